The Balaban J connectivity index is 2.05. The maximum Gasteiger partial charge on any atom is 0.339 e. The van der Waals surface area contributed by atoms with Crippen LogP contribution in [-0.2, 0) is 4.74 Å². The number of nitrogens with one attached hydrogen (secondary N) is 1. The number of esters is 1. The standard InChI is InChI=1S/C16H18ClNO2/c1-20-16(19)12-8-7-11-13(9-18-15(11)14(12)17)10-5-3-2-4-6-10/h7-10,18H,2-6H2,1H3. The molecule has 0 bridgehead atoms. The monoisotopic (exact) mass is 291 g/mol. The van der Waals surface area contributed by atoms with Gasteiger partial charge in [0.2, 0.25) is 0 Å². The molecule has 1 aromatic heterocycles. The third-order valence-electron chi connectivity index (χ3n) is 4.28. The van der Waals surface area contributed by atoms with Crippen molar-refractivity contribution in [3.05, 3.63) is 34.5 Å². The van der Waals surface area contributed by atoms with E-state index in [4.69, 9.17) is 16.3 Å². The molecule has 4 heteroatoms. The minimum absolute atomic E-state index is 0.397. The first kappa shape index (κ1) is 13.5. The molecule has 1 aliphatic carbocycles. The Kier molecular flexibility index (Phi) is 3.70. The molecule has 0 amide bonds. The van der Waals surface area contributed by atoms with E-state index in [1.165, 1.54) is 44.8 Å². The highest BCUT2D eigenvalue weighted by molar-refractivity contribution is 6.38. The molecule has 3 nitrogen and oxygen atoms in total. The van der Waals surface area contributed by atoms with Crippen LogP contribution in [0, 0.1) is 0 Å². The molecular formula is C16H18ClNO2. The summed E-state index contributed by atoms with van der Waals surface area (Å²) < 4.78 is 4.75. The highest BCUT2D eigenvalue weighted by Gasteiger charge is 2.21. The Morgan fingerprint density at radius 1 is 1.30 bits per heavy atom. The summed E-state index contributed by atoms with van der Waals surface area (Å²) in [5.74, 6) is 0.211. The summed E-state index contributed by atoms with van der Waals surface area (Å²) in [6.45, 7) is 0. The van der Waals surface area contributed by atoms with Gasteiger partial charge in [-0.1, -0.05) is 36.9 Å². The zero-order chi connectivity index (χ0) is 14.1. The lowest BCUT2D eigenvalue weighted by atomic mass is 9.84. The van der Waals surface area contributed by atoms with Crippen LogP contribution in [-0.4, -0.2) is 18.1 Å². The first-order valence-electron chi connectivity index (χ1n) is 7.10. The molecule has 0 aliphatic heterocycles. The van der Waals surface area contributed by atoms with Crippen molar-refractivity contribution in [3.63, 3.8) is 0 Å². The number of carbonyl (C=O) groups is 1. The van der Waals surface area contributed by atoms with Crippen LogP contribution in [0.15, 0.2) is 18.3 Å². The van der Waals surface area contributed by atoms with E-state index in [2.05, 4.69) is 4.98 Å². The molecule has 1 N–H and O–H groups in total. The van der Waals surface area contributed by atoms with Gasteiger partial charge in [0.25, 0.3) is 0 Å². The summed E-state index contributed by atoms with van der Waals surface area (Å²) in [4.78, 5) is 14.9. The van der Waals surface area contributed by atoms with E-state index in [0.29, 0.717) is 16.5 Å². The van der Waals surface area contributed by atoms with Crippen molar-refractivity contribution in [2.75, 3.05) is 7.11 Å². The van der Waals surface area contributed by atoms with E-state index < -0.39 is 5.97 Å². The first-order chi connectivity index (χ1) is 9.72. The van der Waals surface area contributed by atoms with E-state index in [0.717, 1.165) is 10.9 Å². The van der Waals surface area contributed by atoms with E-state index in [1.54, 1.807) is 6.07 Å². The van der Waals surface area contributed by atoms with E-state index in [9.17, 15) is 4.79 Å². The molecule has 0 unspecified atom stereocenters. The molecule has 0 atom stereocenters. The van der Waals surface area contributed by atoms with Gasteiger partial charge in [0, 0.05) is 11.6 Å². The van der Waals surface area contributed by atoms with Gasteiger partial charge in [-0.05, 0) is 30.4 Å². The maximum atomic E-state index is 11.7. The minimum Gasteiger partial charge on any atom is -0.465 e. The van der Waals surface area contributed by atoms with Crippen LogP contribution in [0.1, 0.15) is 53.9 Å². The highest BCUT2D eigenvalue weighted by atomic mass is 35.5. The summed E-state index contributed by atoms with van der Waals surface area (Å²) in [6.07, 6.45) is 8.46. The first-order valence-corrected chi connectivity index (χ1v) is 7.48. The van der Waals surface area contributed by atoms with E-state index in [-0.39, 0.29) is 0 Å². The third kappa shape index (κ3) is 2.20. The summed E-state index contributed by atoms with van der Waals surface area (Å²) in [7, 11) is 1.37. The van der Waals surface area contributed by atoms with Crippen LogP contribution in [0.2, 0.25) is 5.02 Å². The van der Waals surface area contributed by atoms with Gasteiger partial charge in [0.1, 0.15) is 0 Å². The van der Waals surface area contributed by atoms with Crippen LogP contribution in [0.5, 0.6) is 0 Å². The number of methoxy groups -OCH3 is 1. The van der Waals surface area contributed by atoms with E-state index >= 15 is 0 Å². The second kappa shape index (κ2) is 5.49. The van der Waals surface area contributed by atoms with Gasteiger partial charge in [0.05, 0.1) is 23.2 Å². The van der Waals surface area contributed by atoms with Gasteiger partial charge >= 0.3 is 5.97 Å². The smallest absolute Gasteiger partial charge is 0.339 e. The Hall–Kier alpha value is -1.48. The van der Waals surface area contributed by atoms with Crippen LogP contribution < -0.4 is 0 Å². The van der Waals surface area contributed by atoms with Crippen molar-refractivity contribution >= 4 is 28.5 Å². The molecule has 3 rings (SSSR count). The predicted octanol–water partition coefficient (Wildman–Crippen LogP) is 4.66. The number of carbonyl (C=O) groups excluding carboxylic acids is 1. The number of aromatic nitrogens is 1. The number of benzene rings is 1. The number of hydrogen-bond donors (Lipinski definition) is 1. The zero-order valence-electron chi connectivity index (χ0n) is 11.5. The number of aromatic amines is 1. The second-order valence-electron chi connectivity index (χ2n) is 5.42. The lowest BCUT2D eigenvalue weighted by Gasteiger charge is -2.21. The average molecular weight is 292 g/mol. The fraction of sp³-hybridized carbons (Fsp3) is 0.438. The molecule has 1 aromatic carbocycles. The molecule has 2 aromatic rings. The van der Waals surface area contributed by atoms with Crippen LogP contribution in [0.4, 0.5) is 0 Å². The van der Waals surface area contributed by atoms with Gasteiger partial charge in [-0.25, -0.2) is 4.79 Å². The van der Waals surface area contributed by atoms with Gasteiger partial charge < -0.3 is 9.72 Å². The molecule has 106 valence electrons. The Bertz CT molecular complexity index is 641. The van der Waals surface area contributed by atoms with Crippen molar-refractivity contribution in [3.8, 4) is 0 Å². The lowest BCUT2D eigenvalue weighted by molar-refractivity contribution is 0.0601. The molecule has 0 radical (unpaired) electrons. The number of ether oxygens (including phenoxy) is 1. The molecule has 0 spiro atoms. The molecule has 1 aliphatic rings. The SMILES string of the molecule is COC(=O)c1ccc2c(C3CCCCC3)c[nH]c2c1Cl. The average Bonchev–Trinajstić information content (AvgIpc) is 2.92. The van der Waals surface area contributed by atoms with Crippen LogP contribution in [0.3, 0.4) is 0 Å². The number of H-pyrrole nitrogens is 1. The van der Waals surface area contributed by atoms with Gasteiger partial charge in [-0.3, -0.25) is 0 Å². The Morgan fingerprint density at radius 3 is 2.75 bits per heavy atom. The van der Waals surface area contributed by atoms with Crippen molar-refractivity contribution < 1.29 is 9.53 Å². The van der Waals surface area contributed by atoms with Crippen molar-refractivity contribution in [1.82, 2.24) is 4.98 Å². The molecular weight excluding hydrogens is 274 g/mol. The summed E-state index contributed by atoms with van der Waals surface area (Å²) in [5.41, 5.74) is 2.59. The number of fused-ring (bicyclic) bond motifs is 1. The topological polar surface area (TPSA) is 42.1 Å². The minimum atomic E-state index is -0.397. The Labute approximate surface area is 123 Å². The number of rotatable bonds is 2. The van der Waals surface area contributed by atoms with Crippen LogP contribution >= 0.6 is 11.6 Å². The van der Waals surface area contributed by atoms with Crippen LogP contribution in [0.25, 0.3) is 10.9 Å². The van der Waals surface area contributed by atoms with Gasteiger partial charge in [0.15, 0.2) is 0 Å². The van der Waals surface area contributed by atoms with Crippen molar-refractivity contribution in [2.45, 2.75) is 38.0 Å². The summed E-state index contributed by atoms with van der Waals surface area (Å²) >= 11 is 6.34. The molecule has 20 heavy (non-hydrogen) atoms. The second-order valence-corrected chi connectivity index (χ2v) is 5.80. The predicted molar refractivity (Wildman–Crippen MR) is 80.5 cm³/mol. The van der Waals surface area contributed by atoms with Gasteiger partial charge in [-0.15, -0.1) is 0 Å². The largest absolute Gasteiger partial charge is 0.465 e. The highest BCUT2D eigenvalue weighted by Crippen LogP contribution is 2.38. The lowest BCUT2D eigenvalue weighted by Crippen LogP contribution is -2.04. The molecule has 1 heterocycles. The fourth-order valence-corrected chi connectivity index (χ4v) is 3.50. The fourth-order valence-electron chi connectivity index (χ4n) is 3.20. The normalized spacial score (nSPS) is 16.5. The Morgan fingerprint density at radius 2 is 2.05 bits per heavy atom. The van der Waals surface area contributed by atoms with Crippen molar-refractivity contribution in [2.24, 2.45) is 0 Å². The summed E-state index contributed by atoms with van der Waals surface area (Å²) in [5, 5.41) is 1.59. The molecule has 1 saturated carbocycles. The summed E-state index contributed by atoms with van der Waals surface area (Å²) in [6, 6.07) is 3.74. The maximum absolute atomic E-state index is 11.7. The van der Waals surface area contributed by atoms with E-state index in [1.807, 2.05) is 12.3 Å². The van der Waals surface area contributed by atoms with Gasteiger partial charge in [-0.2, -0.15) is 0 Å². The number of hydrogen-bond acceptors (Lipinski definition) is 2. The molecule has 0 saturated heterocycles. The molecule has 1 fully saturated rings. The number of halogens is 1. The van der Waals surface area contributed by atoms with Crippen molar-refractivity contribution in [1.29, 1.82) is 0 Å². The zero-order valence-corrected chi connectivity index (χ0v) is 12.3. The quantitative estimate of drug-likeness (QED) is 0.818. The third-order valence-corrected chi connectivity index (χ3v) is 4.67.